The predicted molar refractivity (Wildman–Crippen MR) is 70.7 cm³/mol. The van der Waals surface area contributed by atoms with Crippen molar-refractivity contribution in [3.8, 4) is 0 Å². The molecule has 6 nitrogen and oxygen atoms in total. The summed E-state index contributed by atoms with van der Waals surface area (Å²) in [7, 11) is -1.60. The topological polar surface area (TPSA) is 81.3 Å². The van der Waals surface area contributed by atoms with Crippen LogP contribution in [0.2, 0.25) is 0 Å². The van der Waals surface area contributed by atoms with Crippen LogP contribution in [0.3, 0.4) is 0 Å². The van der Waals surface area contributed by atoms with E-state index < -0.39 is 9.84 Å². The lowest BCUT2D eigenvalue weighted by Gasteiger charge is -1.99. The highest BCUT2D eigenvalue weighted by Crippen LogP contribution is 2.17. The lowest BCUT2D eigenvalue weighted by atomic mass is 10.3. The Kier molecular flexibility index (Phi) is 4.18. The van der Waals surface area contributed by atoms with E-state index in [0.29, 0.717) is 31.2 Å². The Labute approximate surface area is 111 Å². The molecule has 0 unspecified atom stereocenters. The molecule has 7 heteroatoms. The fourth-order valence-electron chi connectivity index (χ4n) is 1.65. The van der Waals surface area contributed by atoms with E-state index in [4.69, 9.17) is 9.47 Å². The van der Waals surface area contributed by atoms with Crippen LogP contribution in [0.4, 0.5) is 0 Å². The van der Waals surface area contributed by atoms with Gasteiger partial charge in [0.2, 0.25) is 0 Å². The zero-order valence-corrected chi connectivity index (χ0v) is 11.7. The van der Waals surface area contributed by atoms with E-state index in [-0.39, 0.29) is 4.90 Å². The second-order valence-electron chi connectivity index (χ2n) is 4.18. The second-order valence-corrected chi connectivity index (χ2v) is 6.20. The number of fused-ring (bicyclic) bond motifs is 1. The van der Waals surface area contributed by atoms with Crippen molar-refractivity contribution in [3.05, 3.63) is 24.0 Å². The number of benzene rings is 1. The Balaban J connectivity index is 2.17. The number of sulfone groups is 1. The molecule has 1 N–H and O–H groups in total. The minimum Gasteiger partial charge on any atom is -0.382 e. The molecule has 104 valence electrons. The molecule has 2 aromatic rings. The number of nitrogens with one attached hydrogen (secondary N) is 1. The standard InChI is InChI=1S/C12H16N2O4S/c1-17-5-6-18-8-12-13-10-4-3-9(19(2,15)16)7-11(10)14-12/h3-4,7H,5-6,8H2,1-2H3,(H,13,14). The Morgan fingerprint density at radius 3 is 2.79 bits per heavy atom. The van der Waals surface area contributed by atoms with Crippen molar-refractivity contribution in [2.75, 3.05) is 26.6 Å². The summed E-state index contributed by atoms with van der Waals surface area (Å²) >= 11 is 0. The van der Waals surface area contributed by atoms with E-state index >= 15 is 0 Å². The van der Waals surface area contributed by atoms with Crippen LogP contribution >= 0.6 is 0 Å². The minimum absolute atomic E-state index is 0.274. The van der Waals surface area contributed by atoms with Gasteiger partial charge in [0.15, 0.2) is 9.84 Å². The molecule has 0 spiro atoms. The molecule has 1 aromatic carbocycles. The van der Waals surface area contributed by atoms with Gasteiger partial charge in [-0.2, -0.15) is 0 Å². The van der Waals surface area contributed by atoms with Crippen LogP contribution in [0.25, 0.3) is 11.0 Å². The Morgan fingerprint density at radius 2 is 2.11 bits per heavy atom. The zero-order chi connectivity index (χ0) is 13.9. The molecule has 2 rings (SSSR count). The third-order valence-corrected chi connectivity index (χ3v) is 3.71. The molecule has 19 heavy (non-hydrogen) atoms. The third kappa shape index (κ3) is 3.52. The molecule has 0 atom stereocenters. The van der Waals surface area contributed by atoms with Crippen molar-refractivity contribution in [2.24, 2.45) is 0 Å². The summed E-state index contributed by atoms with van der Waals surface area (Å²) in [5.41, 5.74) is 1.41. The molecule has 0 saturated heterocycles. The first-order chi connectivity index (χ1) is 9.00. The number of hydrogen-bond acceptors (Lipinski definition) is 5. The molecular formula is C12H16N2O4S. The van der Waals surface area contributed by atoms with E-state index in [1.54, 1.807) is 25.3 Å². The van der Waals surface area contributed by atoms with Gasteiger partial charge in [-0.05, 0) is 18.2 Å². The first kappa shape index (κ1) is 14.0. The van der Waals surface area contributed by atoms with Gasteiger partial charge in [-0.25, -0.2) is 13.4 Å². The van der Waals surface area contributed by atoms with Gasteiger partial charge in [0.1, 0.15) is 12.4 Å². The van der Waals surface area contributed by atoms with Gasteiger partial charge in [-0.1, -0.05) is 0 Å². The summed E-state index contributed by atoms with van der Waals surface area (Å²) in [5, 5.41) is 0. The molecule has 0 aliphatic rings. The quantitative estimate of drug-likeness (QED) is 0.804. The van der Waals surface area contributed by atoms with Gasteiger partial charge >= 0.3 is 0 Å². The Morgan fingerprint density at radius 1 is 1.32 bits per heavy atom. The van der Waals surface area contributed by atoms with E-state index in [9.17, 15) is 8.42 Å². The van der Waals surface area contributed by atoms with Crippen molar-refractivity contribution in [1.82, 2.24) is 9.97 Å². The molecule has 0 radical (unpaired) electrons. The van der Waals surface area contributed by atoms with Gasteiger partial charge in [0, 0.05) is 13.4 Å². The number of methoxy groups -OCH3 is 1. The SMILES string of the molecule is COCCOCc1nc2ccc(S(C)(=O)=O)cc2[nH]1. The maximum atomic E-state index is 11.5. The monoisotopic (exact) mass is 284 g/mol. The lowest BCUT2D eigenvalue weighted by molar-refractivity contribution is 0.0590. The van der Waals surface area contributed by atoms with Crippen molar-refractivity contribution >= 4 is 20.9 Å². The largest absolute Gasteiger partial charge is 0.382 e. The molecular weight excluding hydrogens is 268 g/mol. The van der Waals surface area contributed by atoms with Gasteiger partial charge in [-0.3, -0.25) is 0 Å². The van der Waals surface area contributed by atoms with Crippen molar-refractivity contribution in [2.45, 2.75) is 11.5 Å². The highest BCUT2D eigenvalue weighted by atomic mass is 32.2. The molecule has 0 aliphatic carbocycles. The average Bonchev–Trinajstić information content (AvgIpc) is 2.75. The van der Waals surface area contributed by atoms with Gasteiger partial charge in [0.05, 0.1) is 29.1 Å². The summed E-state index contributed by atoms with van der Waals surface area (Å²) < 4.78 is 33.1. The van der Waals surface area contributed by atoms with Crippen LogP contribution in [0.15, 0.2) is 23.1 Å². The molecule has 1 heterocycles. The van der Waals surface area contributed by atoms with E-state index in [0.717, 1.165) is 5.52 Å². The first-order valence-electron chi connectivity index (χ1n) is 5.76. The normalized spacial score (nSPS) is 12.1. The molecule has 0 saturated carbocycles. The molecule has 0 amide bonds. The van der Waals surface area contributed by atoms with Crippen LogP contribution in [0.5, 0.6) is 0 Å². The number of aromatic amines is 1. The number of rotatable bonds is 6. The van der Waals surface area contributed by atoms with Crippen molar-refractivity contribution in [1.29, 1.82) is 0 Å². The average molecular weight is 284 g/mol. The van der Waals surface area contributed by atoms with Crippen LogP contribution in [-0.4, -0.2) is 45.0 Å². The Bertz CT molecular complexity index is 663. The highest BCUT2D eigenvalue weighted by Gasteiger charge is 2.10. The summed E-state index contributed by atoms with van der Waals surface area (Å²) in [6, 6.07) is 4.81. The Hall–Kier alpha value is -1.44. The zero-order valence-electron chi connectivity index (χ0n) is 10.8. The maximum absolute atomic E-state index is 11.5. The summed E-state index contributed by atoms with van der Waals surface area (Å²) in [4.78, 5) is 7.63. The third-order valence-electron chi connectivity index (χ3n) is 2.60. The fourth-order valence-corrected chi connectivity index (χ4v) is 2.30. The smallest absolute Gasteiger partial charge is 0.175 e. The van der Waals surface area contributed by atoms with Gasteiger partial charge < -0.3 is 14.5 Å². The molecule has 0 bridgehead atoms. The van der Waals surface area contributed by atoms with Crippen molar-refractivity contribution in [3.63, 3.8) is 0 Å². The molecule has 0 aliphatic heterocycles. The van der Waals surface area contributed by atoms with E-state index in [2.05, 4.69) is 9.97 Å². The minimum atomic E-state index is -3.20. The van der Waals surface area contributed by atoms with E-state index in [1.807, 2.05) is 0 Å². The maximum Gasteiger partial charge on any atom is 0.175 e. The van der Waals surface area contributed by atoms with Crippen LogP contribution in [0.1, 0.15) is 5.82 Å². The number of aromatic nitrogens is 2. The highest BCUT2D eigenvalue weighted by molar-refractivity contribution is 7.90. The number of nitrogens with zero attached hydrogens (tertiary/aromatic N) is 1. The predicted octanol–water partition coefficient (Wildman–Crippen LogP) is 1.13. The summed E-state index contributed by atoms with van der Waals surface area (Å²) in [6.45, 7) is 1.35. The van der Waals surface area contributed by atoms with Crippen molar-refractivity contribution < 1.29 is 17.9 Å². The van der Waals surface area contributed by atoms with Crippen LogP contribution in [-0.2, 0) is 25.9 Å². The first-order valence-corrected chi connectivity index (χ1v) is 7.65. The van der Waals surface area contributed by atoms with Gasteiger partial charge in [0.25, 0.3) is 0 Å². The van der Waals surface area contributed by atoms with E-state index in [1.165, 1.54) is 6.26 Å². The number of ether oxygens (including phenoxy) is 2. The lowest BCUT2D eigenvalue weighted by Crippen LogP contribution is -2.02. The van der Waals surface area contributed by atoms with Crippen LogP contribution < -0.4 is 0 Å². The number of imidazole rings is 1. The molecule has 1 aromatic heterocycles. The number of hydrogen-bond donors (Lipinski definition) is 1. The fraction of sp³-hybridized carbons (Fsp3) is 0.417. The molecule has 0 fully saturated rings. The van der Waals surface area contributed by atoms with Gasteiger partial charge in [-0.15, -0.1) is 0 Å². The summed E-state index contributed by atoms with van der Waals surface area (Å²) in [6.07, 6.45) is 1.18. The second kappa shape index (κ2) is 5.68. The summed E-state index contributed by atoms with van der Waals surface area (Å²) in [5.74, 6) is 0.664. The number of H-pyrrole nitrogens is 1. The van der Waals surface area contributed by atoms with Crippen LogP contribution in [0, 0.1) is 0 Å².